The zero-order valence-corrected chi connectivity index (χ0v) is 18.0. The van der Waals surface area contributed by atoms with E-state index >= 15 is 0 Å². The van der Waals surface area contributed by atoms with Crippen molar-refractivity contribution in [3.05, 3.63) is 53.3 Å². The number of rotatable bonds is 4. The van der Waals surface area contributed by atoms with Crippen molar-refractivity contribution < 1.29 is 4.79 Å². The van der Waals surface area contributed by atoms with E-state index in [1.807, 2.05) is 43.5 Å². The molecule has 0 fully saturated rings. The summed E-state index contributed by atoms with van der Waals surface area (Å²) in [6.45, 7) is 7.87. The van der Waals surface area contributed by atoms with E-state index in [2.05, 4.69) is 34.1 Å². The van der Waals surface area contributed by atoms with E-state index in [9.17, 15) is 4.79 Å². The molecule has 3 aromatic heterocycles. The van der Waals surface area contributed by atoms with Crippen molar-refractivity contribution in [1.82, 2.24) is 19.9 Å². The summed E-state index contributed by atoms with van der Waals surface area (Å²) in [6.07, 6.45) is 3.69. The molecule has 0 aliphatic heterocycles. The first-order valence-electron chi connectivity index (χ1n) is 9.07. The lowest BCUT2D eigenvalue weighted by Gasteiger charge is -2.06. The number of aromatic nitrogens is 3. The van der Waals surface area contributed by atoms with Gasteiger partial charge in [-0.15, -0.1) is 11.3 Å². The Kier molecular flexibility index (Phi) is 7.63. The molecule has 7 heteroatoms. The molecule has 3 heterocycles. The number of hydrogen-bond acceptors (Lipinski definition) is 6. The number of carbonyl (C=O) groups excluding carboxylic acids is 1. The predicted octanol–water partition coefficient (Wildman–Crippen LogP) is 4.87. The van der Waals surface area contributed by atoms with E-state index in [-0.39, 0.29) is 5.91 Å². The SMILES string of the molecule is CC(=O)N(C)C.Cc1ccnc(Nc2cccc(-c3cnc(C(C)C)s3)n2)c1. The van der Waals surface area contributed by atoms with Gasteiger partial charge in [-0.2, -0.15) is 0 Å². The maximum absolute atomic E-state index is 10.1. The molecule has 0 saturated heterocycles. The van der Waals surface area contributed by atoms with Crippen LogP contribution in [0.1, 0.15) is 37.3 Å². The minimum atomic E-state index is 0.0926. The topological polar surface area (TPSA) is 71.0 Å². The third-order valence-electron chi connectivity index (χ3n) is 3.82. The molecular formula is C21H27N5OS. The largest absolute Gasteiger partial charge is 0.349 e. The summed E-state index contributed by atoms with van der Waals surface area (Å²) in [4.78, 5) is 26.1. The molecule has 3 rings (SSSR count). The molecule has 0 unspecified atom stereocenters. The third-order valence-corrected chi connectivity index (χ3v) is 5.14. The van der Waals surface area contributed by atoms with Crippen LogP contribution in [0.5, 0.6) is 0 Å². The molecule has 0 saturated carbocycles. The molecule has 1 amide bonds. The van der Waals surface area contributed by atoms with Crippen molar-refractivity contribution in [2.75, 3.05) is 19.4 Å². The van der Waals surface area contributed by atoms with Crippen molar-refractivity contribution >= 4 is 28.9 Å². The summed E-state index contributed by atoms with van der Waals surface area (Å²) in [5, 5.41) is 4.38. The normalized spacial score (nSPS) is 10.2. The highest BCUT2D eigenvalue weighted by molar-refractivity contribution is 7.15. The van der Waals surface area contributed by atoms with Gasteiger partial charge in [-0.1, -0.05) is 19.9 Å². The molecule has 0 radical (unpaired) electrons. The molecule has 0 bridgehead atoms. The molecule has 3 aromatic rings. The fourth-order valence-corrected chi connectivity index (χ4v) is 2.94. The number of nitrogens with one attached hydrogen (secondary N) is 1. The molecule has 0 aromatic carbocycles. The van der Waals surface area contributed by atoms with Crippen LogP contribution in [0.25, 0.3) is 10.6 Å². The number of anilines is 2. The first-order chi connectivity index (χ1) is 13.3. The van der Waals surface area contributed by atoms with Crippen LogP contribution < -0.4 is 5.32 Å². The Balaban J connectivity index is 0.000000409. The maximum atomic E-state index is 10.1. The molecule has 1 N–H and O–H groups in total. The van der Waals surface area contributed by atoms with Crippen LogP contribution in [0.4, 0.5) is 11.6 Å². The van der Waals surface area contributed by atoms with Crippen LogP contribution in [-0.4, -0.2) is 39.9 Å². The van der Waals surface area contributed by atoms with Gasteiger partial charge in [-0.05, 0) is 36.8 Å². The van der Waals surface area contributed by atoms with Gasteiger partial charge < -0.3 is 10.2 Å². The number of hydrogen-bond donors (Lipinski definition) is 1. The highest BCUT2D eigenvalue weighted by Gasteiger charge is 2.09. The van der Waals surface area contributed by atoms with E-state index in [4.69, 9.17) is 0 Å². The Hall–Kier alpha value is -2.80. The second kappa shape index (κ2) is 9.94. The Labute approximate surface area is 170 Å². The molecule has 0 spiro atoms. The zero-order chi connectivity index (χ0) is 20.7. The number of thiazole rings is 1. The summed E-state index contributed by atoms with van der Waals surface area (Å²) in [7, 11) is 3.45. The van der Waals surface area contributed by atoms with Crippen LogP contribution in [0, 0.1) is 6.92 Å². The number of carbonyl (C=O) groups is 1. The number of nitrogens with zero attached hydrogens (tertiary/aromatic N) is 4. The Bertz CT molecular complexity index is 920. The third kappa shape index (κ3) is 6.42. The van der Waals surface area contributed by atoms with Gasteiger partial charge in [0.05, 0.1) is 15.6 Å². The first kappa shape index (κ1) is 21.5. The molecule has 0 aliphatic carbocycles. The average Bonchev–Trinajstić information content (AvgIpc) is 3.13. The summed E-state index contributed by atoms with van der Waals surface area (Å²) in [5.41, 5.74) is 2.10. The fraction of sp³-hybridized carbons (Fsp3) is 0.333. The molecule has 0 atom stereocenters. The number of amides is 1. The first-order valence-corrected chi connectivity index (χ1v) is 9.88. The van der Waals surface area contributed by atoms with E-state index in [1.165, 1.54) is 11.8 Å². The monoisotopic (exact) mass is 397 g/mol. The van der Waals surface area contributed by atoms with Gasteiger partial charge in [0.1, 0.15) is 11.6 Å². The molecule has 28 heavy (non-hydrogen) atoms. The summed E-state index contributed by atoms with van der Waals surface area (Å²) in [6, 6.07) is 9.91. The van der Waals surface area contributed by atoms with E-state index in [1.54, 1.807) is 31.6 Å². The Morgan fingerprint density at radius 1 is 1.14 bits per heavy atom. The van der Waals surface area contributed by atoms with Crippen molar-refractivity contribution in [1.29, 1.82) is 0 Å². The van der Waals surface area contributed by atoms with Crippen molar-refractivity contribution in [2.24, 2.45) is 0 Å². The zero-order valence-electron chi connectivity index (χ0n) is 17.2. The summed E-state index contributed by atoms with van der Waals surface area (Å²) >= 11 is 1.69. The Morgan fingerprint density at radius 2 is 1.86 bits per heavy atom. The second-order valence-corrected chi connectivity index (χ2v) is 7.94. The van der Waals surface area contributed by atoms with Crippen LogP contribution in [0.15, 0.2) is 42.7 Å². The van der Waals surface area contributed by atoms with Gasteiger partial charge in [0.2, 0.25) is 5.91 Å². The van der Waals surface area contributed by atoms with Crippen LogP contribution in [0.3, 0.4) is 0 Å². The smallest absolute Gasteiger partial charge is 0.218 e. The highest BCUT2D eigenvalue weighted by Crippen LogP contribution is 2.29. The summed E-state index contributed by atoms with van der Waals surface area (Å²) < 4.78 is 0. The average molecular weight is 398 g/mol. The van der Waals surface area contributed by atoms with Gasteiger partial charge in [0.25, 0.3) is 0 Å². The van der Waals surface area contributed by atoms with Crippen molar-refractivity contribution in [2.45, 2.75) is 33.6 Å². The maximum Gasteiger partial charge on any atom is 0.218 e. The van der Waals surface area contributed by atoms with Crippen LogP contribution >= 0.6 is 11.3 Å². The summed E-state index contributed by atoms with van der Waals surface area (Å²) in [5.74, 6) is 2.12. The van der Waals surface area contributed by atoms with Gasteiger partial charge in [0.15, 0.2) is 0 Å². The number of aryl methyl sites for hydroxylation is 1. The molecular weight excluding hydrogens is 370 g/mol. The van der Waals surface area contributed by atoms with E-state index < -0.39 is 0 Å². The standard InChI is InChI=1S/C17H18N4S.C4H9NO/c1-11(2)17-19-10-14(22-17)13-5-4-6-15(20-13)21-16-9-12(3)7-8-18-16;1-4(6)5(2)3/h4-11H,1-3H3,(H,18,20,21);1-3H3. The van der Waals surface area contributed by atoms with E-state index in [0.717, 1.165) is 32.8 Å². The van der Waals surface area contributed by atoms with Crippen LogP contribution in [0.2, 0.25) is 0 Å². The van der Waals surface area contributed by atoms with Gasteiger partial charge in [0, 0.05) is 39.3 Å². The molecule has 0 aliphatic rings. The molecule has 6 nitrogen and oxygen atoms in total. The van der Waals surface area contributed by atoms with Crippen LogP contribution in [-0.2, 0) is 4.79 Å². The van der Waals surface area contributed by atoms with Gasteiger partial charge in [-0.3, -0.25) is 4.79 Å². The van der Waals surface area contributed by atoms with E-state index in [0.29, 0.717) is 5.92 Å². The highest BCUT2D eigenvalue weighted by atomic mass is 32.1. The van der Waals surface area contributed by atoms with Crippen molar-refractivity contribution in [3.63, 3.8) is 0 Å². The lowest BCUT2D eigenvalue weighted by molar-refractivity contribution is -0.126. The quantitative estimate of drug-likeness (QED) is 0.680. The minimum absolute atomic E-state index is 0.0926. The second-order valence-electron chi connectivity index (χ2n) is 6.88. The van der Waals surface area contributed by atoms with Gasteiger partial charge in [-0.25, -0.2) is 15.0 Å². The van der Waals surface area contributed by atoms with Gasteiger partial charge >= 0.3 is 0 Å². The lowest BCUT2D eigenvalue weighted by atomic mass is 10.2. The molecule has 148 valence electrons. The Morgan fingerprint density at radius 3 is 2.43 bits per heavy atom. The fourth-order valence-electron chi connectivity index (χ4n) is 2.05. The predicted molar refractivity (Wildman–Crippen MR) is 116 cm³/mol. The van der Waals surface area contributed by atoms with Crippen molar-refractivity contribution in [3.8, 4) is 10.6 Å². The lowest BCUT2D eigenvalue weighted by Crippen LogP contribution is -2.17. The number of pyridine rings is 2. The minimum Gasteiger partial charge on any atom is -0.349 e.